The van der Waals surface area contributed by atoms with Crippen molar-refractivity contribution < 1.29 is 9.18 Å². The molecule has 0 saturated heterocycles. The summed E-state index contributed by atoms with van der Waals surface area (Å²) in [6.07, 6.45) is 1.79. The molecule has 0 aliphatic heterocycles. The van der Waals surface area contributed by atoms with E-state index in [-0.39, 0.29) is 18.3 Å². The van der Waals surface area contributed by atoms with Gasteiger partial charge in [0.25, 0.3) is 0 Å². The van der Waals surface area contributed by atoms with Crippen molar-refractivity contribution in [2.75, 3.05) is 18.4 Å². The fourth-order valence-corrected chi connectivity index (χ4v) is 3.49. The third kappa shape index (κ3) is 5.12. The van der Waals surface area contributed by atoms with Crippen molar-refractivity contribution in [3.05, 3.63) is 76.9 Å². The largest absolute Gasteiger partial charge is 0.309 e. The summed E-state index contributed by atoms with van der Waals surface area (Å²) < 4.78 is 14.8. The van der Waals surface area contributed by atoms with Crippen LogP contribution in [0.15, 0.2) is 60.5 Å². The Morgan fingerprint density at radius 1 is 1.37 bits per heavy atom. The molecule has 1 N–H and O–H groups in total. The first-order valence-electron chi connectivity index (χ1n) is 8.53. The Kier molecular flexibility index (Phi) is 6.16. The summed E-state index contributed by atoms with van der Waals surface area (Å²) in [7, 11) is 0. The second-order valence-electron chi connectivity index (χ2n) is 6.15. The second kappa shape index (κ2) is 8.75. The lowest BCUT2D eigenvalue weighted by Crippen LogP contribution is -2.33. The van der Waals surface area contributed by atoms with E-state index in [1.54, 1.807) is 40.3 Å². The molecule has 0 atom stereocenters. The van der Waals surface area contributed by atoms with E-state index in [4.69, 9.17) is 0 Å². The van der Waals surface area contributed by atoms with E-state index in [9.17, 15) is 9.18 Å². The van der Waals surface area contributed by atoms with Gasteiger partial charge in [-0.15, -0.1) is 17.9 Å². The molecular weight excluding hydrogens is 363 g/mol. The first-order valence-corrected chi connectivity index (χ1v) is 9.41. The minimum Gasteiger partial charge on any atom is -0.309 e. The van der Waals surface area contributed by atoms with E-state index in [0.717, 1.165) is 5.69 Å². The van der Waals surface area contributed by atoms with Gasteiger partial charge in [0.05, 0.1) is 17.9 Å². The summed E-state index contributed by atoms with van der Waals surface area (Å²) >= 11 is 1.66. The molecule has 2 heterocycles. The lowest BCUT2D eigenvalue weighted by Gasteiger charge is -2.19. The van der Waals surface area contributed by atoms with E-state index < -0.39 is 0 Å². The van der Waals surface area contributed by atoms with Gasteiger partial charge < -0.3 is 5.32 Å². The second-order valence-corrected chi connectivity index (χ2v) is 7.18. The van der Waals surface area contributed by atoms with Crippen LogP contribution in [-0.4, -0.2) is 33.7 Å². The van der Waals surface area contributed by atoms with Crippen LogP contribution in [0.3, 0.4) is 0 Å². The molecule has 0 aliphatic rings. The summed E-state index contributed by atoms with van der Waals surface area (Å²) in [4.78, 5) is 15.8. The Bertz CT molecular complexity index is 903. The molecule has 0 saturated carbocycles. The summed E-state index contributed by atoms with van der Waals surface area (Å²) in [6, 6.07) is 11.8. The number of nitrogens with one attached hydrogen (secondary N) is 1. The van der Waals surface area contributed by atoms with Crippen molar-refractivity contribution in [2.24, 2.45) is 0 Å². The lowest BCUT2D eigenvalue weighted by atomic mass is 10.3. The Morgan fingerprint density at radius 3 is 2.81 bits per heavy atom. The predicted molar refractivity (Wildman–Crippen MR) is 107 cm³/mol. The third-order valence-electron chi connectivity index (χ3n) is 3.88. The standard InChI is InChI=1S/C20H21FN4OS/c1-3-10-24(13-18-5-4-11-27-18)14-20(26)22-19-12-15(2)23-25(19)17-8-6-16(21)7-9-17/h3-9,11-12H,1,10,13-14H2,2H3,(H,22,26). The molecule has 140 valence electrons. The number of anilines is 1. The Hall–Kier alpha value is -2.77. The fourth-order valence-electron chi connectivity index (χ4n) is 2.74. The molecular formula is C20H21FN4OS. The molecule has 27 heavy (non-hydrogen) atoms. The summed E-state index contributed by atoms with van der Waals surface area (Å²) in [5.74, 6) is 0.0947. The predicted octanol–water partition coefficient (Wildman–Crippen LogP) is 4.01. The smallest absolute Gasteiger partial charge is 0.239 e. The zero-order chi connectivity index (χ0) is 19.2. The zero-order valence-electron chi connectivity index (χ0n) is 15.1. The van der Waals surface area contributed by atoms with Crippen molar-refractivity contribution in [2.45, 2.75) is 13.5 Å². The molecule has 0 aliphatic carbocycles. The summed E-state index contributed by atoms with van der Waals surface area (Å²) in [5, 5.41) is 9.32. The molecule has 5 nitrogen and oxygen atoms in total. The number of rotatable bonds is 8. The molecule has 2 aromatic heterocycles. The minimum absolute atomic E-state index is 0.142. The first-order chi connectivity index (χ1) is 13.0. The number of carbonyl (C=O) groups excluding carboxylic acids is 1. The average Bonchev–Trinajstić information content (AvgIpc) is 3.25. The number of amides is 1. The van der Waals surface area contributed by atoms with E-state index in [1.807, 2.05) is 29.3 Å². The number of thiophene rings is 1. The van der Waals surface area contributed by atoms with Crippen LogP contribution in [0.4, 0.5) is 10.2 Å². The van der Waals surface area contributed by atoms with E-state index >= 15 is 0 Å². The molecule has 0 spiro atoms. The molecule has 0 bridgehead atoms. The Labute approximate surface area is 161 Å². The number of aryl methyl sites for hydroxylation is 1. The minimum atomic E-state index is -0.318. The average molecular weight is 384 g/mol. The molecule has 0 fully saturated rings. The van der Waals surface area contributed by atoms with Gasteiger partial charge in [0, 0.05) is 24.0 Å². The normalized spacial score (nSPS) is 10.9. The highest BCUT2D eigenvalue weighted by molar-refractivity contribution is 7.09. The maximum atomic E-state index is 13.2. The van der Waals surface area contributed by atoms with Gasteiger partial charge >= 0.3 is 0 Å². The van der Waals surface area contributed by atoms with Gasteiger partial charge in [-0.3, -0.25) is 9.69 Å². The Morgan fingerprint density at radius 2 is 2.15 bits per heavy atom. The van der Waals surface area contributed by atoms with Gasteiger partial charge in [-0.25, -0.2) is 9.07 Å². The van der Waals surface area contributed by atoms with E-state index in [1.165, 1.54) is 17.0 Å². The van der Waals surface area contributed by atoms with Gasteiger partial charge in [-0.05, 0) is 42.6 Å². The zero-order valence-corrected chi connectivity index (χ0v) is 15.9. The molecule has 1 aromatic carbocycles. The molecule has 3 rings (SSSR count). The SMILES string of the molecule is C=CCN(CC(=O)Nc1cc(C)nn1-c1ccc(F)cc1)Cc1cccs1. The van der Waals surface area contributed by atoms with Gasteiger partial charge in [-0.2, -0.15) is 5.10 Å². The number of benzene rings is 1. The molecule has 3 aromatic rings. The summed E-state index contributed by atoms with van der Waals surface area (Å²) in [5.41, 5.74) is 1.44. The highest BCUT2D eigenvalue weighted by Crippen LogP contribution is 2.18. The number of hydrogen-bond acceptors (Lipinski definition) is 4. The van der Waals surface area contributed by atoms with Crippen molar-refractivity contribution in [1.29, 1.82) is 0 Å². The number of carbonyl (C=O) groups is 1. The topological polar surface area (TPSA) is 50.2 Å². The van der Waals surface area contributed by atoms with Crippen LogP contribution in [0, 0.1) is 12.7 Å². The molecule has 1 amide bonds. The van der Waals surface area contributed by atoms with Crippen LogP contribution in [-0.2, 0) is 11.3 Å². The number of halogens is 1. The maximum Gasteiger partial charge on any atom is 0.239 e. The van der Waals surface area contributed by atoms with Crippen LogP contribution in [0.25, 0.3) is 5.69 Å². The maximum absolute atomic E-state index is 13.2. The van der Waals surface area contributed by atoms with Crippen molar-refractivity contribution >= 4 is 23.1 Å². The van der Waals surface area contributed by atoms with Crippen molar-refractivity contribution in [1.82, 2.24) is 14.7 Å². The van der Waals surface area contributed by atoms with Crippen LogP contribution in [0.5, 0.6) is 0 Å². The molecule has 0 unspecified atom stereocenters. The first kappa shape index (κ1) is 19.0. The van der Waals surface area contributed by atoms with Crippen LogP contribution in [0.1, 0.15) is 10.6 Å². The van der Waals surface area contributed by atoms with Crippen LogP contribution >= 0.6 is 11.3 Å². The van der Waals surface area contributed by atoms with Gasteiger partial charge in [0.1, 0.15) is 11.6 Å². The molecule has 0 radical (unpaired) electrons. The van der Waals surface area contributed by atoms with Gasteiger partial charge in [0.15, 0.2) is 0 Å². The van der Waals surface area contributed by atoms with Crippen molar-refractivity contribution in [3.8, 4) is 5.69 Å². The number of hydrogen-bond donors (Lipinski definition) is 1. The van der Waals surface area contributed by atoms with E-state index in [2.05, 4.69) is 17.0 Å². The van der Waals surface area contributed by atoms with Gasteiger partial charge in [0.2, 0.25) is 5.91 Å². The van der Waals surface area contributed by atoms with Crippen LogP contribution < -0.4 is 5.32 Å². The van der Waals surface area contributed by atoms with E-state index in [0.29, 0.717) is 24.6 Å². The van der Waals surface area contributed by atoms with Gasteiger partial charge in [-0.1, -0.05) is 12.1 Å². The van der Waals surface area contributed by atoms with Crippen LogP contribution in [0.2, 0.25) is 0 Å². The number of nitrogens with zero attached hydrogens (tertiary/aromatic N) is 3. The third-order valence-corrected chi connectivity index (χ3v) is 4.75. The fraction of sp³-hybridized carbons (Fsp3) is 0.200. The highest BCUT2D eigenvalue weighted by atomic mass is 32.1. The Balaban J connectivity index is 1.71. The number of aromatic nitrogens is 2. The molecule has 7 heteroatoms. The lowest BCUT2D eigenvalue weighted by molar-refractivity contribution is -0.117. The summed E-state index contributed by atoms with van der Waals surface area (Å²) in [6.45, 7) is 7.15. The monoisotopic (exact) mass is 384 g/mol. The van der Waals surface area contributed by atoms with Crippen molar-refractivity contribution in [3.63, 3.8) is 0 Å². The highest BCUT2D eigenvalue weighted by Gasteiger charge is 2.14. The quantitative estimate of drug-likeness (QED) is 0.597.